The number of rotatable bonds is 5. The molecule has 0 radical (unpaired) electrons. The van der Waals surface area contributed by atoms with Crippen LogP contribution in [0.15, 0.2) is 53.6 Å². The van der Waals surface area contributed by atoms with Crippen molar-refractivity contribution in [2.45, 2.75) is 32.6 Å². The van der Waals surface area contributed by atoms with E-state index in [9.17, 15) is 14.7 Å². The normalized spacial score (nSPS) is 14.0. The van der Waals surface area contributed by atoms with E-state index in [0.717, 1.165) is 24.4 Å². The number of nitrogens with one attached hydrogen (secondary N) is 1. The Bertz CT molecular complexity index is 884. The number of carbonyl (C=O) groups is 2. The van der Waals surface area contributed by atoms with Crippen LogP contribution in [-0.2, 0) is 10.2 Å². The first kappa shape index (κ1) is 18.6. The van der Waals surface area contributed by atoms with E-state index >= 15 is 0 Å². The van der Waals surface area contributed by atoms with Gasteiger partial charge in [-0.2, -0.15) is 5.10 Å². The molecule has 0 aromatic heterocycles. The Kier molecular flexibility index (Phi) is 4.99. The van der Waals surface area contributed by atoms with Gasteiger partial charge in [-0.15, -0.1) is 0 Å². The number of anilines is 2. The van der Waals surface area contributed by atoms with Gasteiger partial charge in [-0.1, -0.05) is 12.1 Å². The summed E-state index contributed by atoms with van der Waals surface area (Å²) in [5, 5.41) is 18.5. The second-order valence-electron chi connectivity index (χ2n) is 7.22. The van der Waals surface area contributed by atoms with Crippen molar-refractivity contribution in [3.8, 4) is 0 Å². The van der Waals surface area contributed by atoms with Crippen LogP contribution < -0.4 is 10.3 Å². The van der Waals surface area contributed by atoms with Crippen LogP contribution in [-0.4, -0.2) is 29.2 Å². The molecule has 140 valence electrons. The van der Waals surface area contributed by atoms with E-state index in [2.05, 4.69) is 10.4 Å². The number of benzene rings is 2. The van der Waals surface area contributed by atoms with Gasteiger partial charge in [0.05, 0.1) is 11.1 Å². The molecule has 0 saturated heterocycles. The molecule has 27 heavy (non-hydrogen) atoms. The predicted octanol–water partition coefficient (Wildman–Crippen LogP) is 3.89. The molecule has 1 aliphatic heterocycles. The zero-order valence-electron chi connectivity index (χ0n) is 15.7. The van der Waals surface area contributed by atoms with E-state index in [1.807, 2.05) is 24.1 Å². The quantitative estimate of drug-likeness (QED) is 0.842. The minimum absolute atomic E-state index is 0.215. The Morgan fingerprint density at radius 2 is 1.70 bits per heavy atom. The van der Waals surface area contributed by atoms with E-state index in [1.165, 1.54) is 0 Å². The summed E-state index contributed by atoms with van der Waals surface area (Å²) in [6, 6.07) is 14.2. The summed E-state index contributed by atoms with van der Waals surface area (Å²) in [6.07, 6.45) is 0.955. The zero-order valence-corrected chi connectivity index (χ0v) is 15.7. The number of hydrogen-bond donors (Lipinski definition) is 2. The summed E-state index contributed by atoms with van der Waals surface area (Å²) in [7, 11) is 0. The van der Waals surface area contributed by atoms with Crippen LogP contribution in [0.1, 0.15) is 43.1 Å². The zero-order chi connectivity index (χ0) is 19.6. The van der Waals surface area contributed by atoms with Crippen LogP contribution in [0.3, 0.4) is 0 Å². The van der Waals surface area contributed by atoms with Gasteiger partial charge in [-0.05, 0) is 62.7 Å². The summed E-state index contributed by atoms with van der Waals surface area (Å²) in [4.78, 5) is 23.8. The molecular weight excluding hydrogens is 342 g/mol. The molecule has 1 amide bonds. The Hall–Kier alpha value is -3.15. The molecule has 1 heterocycles. The summed E-state index contributed by atoms with van der Waals surface area (Å²) >= 11 is 0. The molecule has 6 nitrogen and oxygen atoms in total. The Morgan fingerprint density at radius 3 is 2.22 bits per heavy atom. The second kappa shape index (κ2) is 7.23. The van der Waals surface area contributed by atoms with E-state index in [-0.39, 0.29) is 5.91 Å². The van der Waals surface area contributed by atoms with Gasteiger partial charge in [-0.25, -0.2) is 0 Å². The van der Waals surface area contributed by atoms with Crippen molar-refractivity contribution in [1.29, 1.82) is 0 Å². The lowest BCUT2D eigenvalue weighted by atomic mass is 9.85. The van der Waals surface area contributed by atoms with Crippen LogP contribution in [0.25, 0.3) is 0 Å². The minimum Gasteiger partial charge on any atom is -0.481 e. The maximum absolute atomic E-state index is 12.4. The molecule has 6 heteroatoms. The highest BCUT2D eigenvalue weighted by atomic mass is 16.4. The lowest BCUT2D eigenvalue weighted by Crippen LogP contribution is -2.28. The van der Waals surface area contributed by atoms with Gasteiger partial charge in [0.15, 0.2) is 0 Å². The molecule has 0 fully saturated rings. The number of hydrogen-bond acceptors (Lipinski definition) is 4. The fourth-order valence-corrected chi connectivity index (χ4v) is 2.84. The maximum Gasteiger partial charge on any atom is 0.313 e. The summed E-state index contributed by atoms with van der Waals surface area (Å²) in [5.74, 6) is -1.11. The topological polar surface area (TPSA) is 82.0 Å². The van der Waals surface area contributed by atoms with Gasteiger partial charge in [0, 0.05) is 29.9 Å². The summed E-state index contributed by atoms with van der Waals surface area (Å²) < 4.78 is 0. The summed E-state index contributed by atoms with van der Waals surface area (Å²) in [5.41, 5.74) is 2.94. The SMILES string of the molecule is CC1=NN(c2ccc(C(=O)Nc3ccc(C(C)(C)C(=O)O)cc3)cc2)CC1. The fourth-order valence-electron chi connectivity index (χ4n) is 2.84. The van der Waals surface area contributed by atoms with Crippen LogP contribution in [0.4, 0.5) is 11.4 Å². The van der Waals surface area contributed by atoms with Crippen molar-refractivity contribution in [3.63, 3.8) is 0 Å². The average Bonchev–Trinajstić information content (AvgIpc) is 3.08. The molecule has 3 rings (SSSR count). The lowest BCUT2D eigenvalue weighted by Gasteiger charge is -2.20. The molecule has 2 N–H and O–H groups in total. The van der Waals surface area contributed by atoms with Crippen molar-refractivity contribution >= 4 is 29.0 Å². The van der Waals surface area contributed by atoms with Crippen molar-refractivity contribution in [2.75, 3.05) is 16.9 Å². The summed E-state index contributed by atoms with van der Waals surface area (Å²) in [6.45, 7) is 6.16. The number of carboxylic acids is 1. The van der Waals surface area contributed by atoms with Crippen LogP contribution in [0.5, 0.6) is 0 Å². The van der Waals surface area contributed by atoms with Gasteiger partial charge < -0.3 is 10.4 Å². The van der Waals surface area contributed by atoms with Gasteiger partial charge in [-0.3, -0.25) is 14.6 Å². The number of amides is 1. The number of carboxylic acid groups (broad SMARTS) is 1. The molecule has 2 aromatic carbocycles. The van der Waals surface area contributed by atoms with E-state index < -0.39 is 11.4 Å². The molecule has 0 atom stereocenters. The number of aliphatic carboxylic acids is 1. The van der Waals surface area contributed by atoms with Crippen LogP contribution in [0.2, 0.25) is 0 Å². The van der Waals surface area contributed by atoms with Crippen molar-refractivity contribution in [1.82, 2.24) is 0 Å². The second-order valence-corrected chi connectivity index (χ2v) is 7.22. The highest BCUT2D eigenvalue weighted by Crippen LogP contribution is 2.25. The maximum atomic E-state index is 12.4. The Morgan fingerprint density at radius 1 is 1.07 bits per heavy atom. The highest BCUT2D eigenvalue weighted by Gasteiger charge is 2.29. The molecule has 1 aliphatic rings. The molecule has 2 aromatic rings. The third kappa shape index (κ3) is 4.00. The van der Waals surface area contributed by atoms with Crippen molar-refractivity contribution in [3.05, 3.63) is 59.7 Å². The van der Waals surface area contributed by atoms with Gasteiger partial charge in [0.1, 0.15) is 0 Å². The molecular formula is C21H23N3O3. The van der Waals surface area contributed by atoms with Crippen LogP contribution >= 0.6 is 0 Å². The van der Waals surface area contributed by atoms with Crippen LogP contribution in [0, 0.1) is 0 Å². The van der Waals surface area contributed by atoms with E-state index in [1.54, 1.807) is 50.2 Å². The Labute approximate surface area is 158 Å². The molecule has 0 spiro atoms. The Balaban J connectivity index is 1.67. The first-order valence-corrected chi connectivity index (χ1v) is 8.84. The largest absolute Gasteiger partial charge is 0.481 e. The van der Waals surface area contributed by atoms with Gasteiger partial charge in [0.25, 0.3) is 5.91 Å². The van der Waals surface area contributed by atoms with E-state index in [4.69, 9.17) is 0 Å². The fraction of sp³-hybridized carbons (Fsp3) is 0.286. The minimum atomic E-state index is -0.977. The number of nitrogens with zero attached hydrogens (tertiary/aromatic N) is 2. The smallest absolute Gasteiger partial charge is 0.313 e. The number of hydrazone groups is 1. The first-order chi connectivity index (χ1) is 12.8. The third-order valence-electron chi connectivity index (χ3n) is 4.80. The lowest BCUT2D eigenvalue weighted by molar-refractivity contribution is -0.142. The van der Waals surface area contributed by atoms with Crippen molar-refractivity contribution < 1.29 is 14.7 Å². The van der Waals surface area contributed by atoms with Gasteiger partial charge >= 0.3 is 5.97 Å². The first-order valence-electron chi connectivity index (χ1n) is 8.84. The standard InChI is InChI=1S/C21H23N3O3/c1-14-12-13-24(23-14)18-10-4-15(5-11-18)19(25)22-17-8-6-16(7-9-17)21(2,3)20(26)27/h4-11H,12-13H2,1-3H3,(H,22,25)(H,26,27). The molecule has 0 unspecified atom stereocenters. The van der Waals surface area contributed by atoms with E-state index in [0.29, 0.717) is 16.8 Å². The van der Waals surface area contributed by atoms with Gasteiger partial charge in [0.2, 0.25) is 0 Å². The monoisotopic (exact) mass is 365 g/mol. The molecule has 0 aliphatic carbocycles. The molecule has 0 saturated carbocycles. The third-order valence-corrected chi connectivity index (χ3v) is 4.80. The number of carbonyl (C=O) groups excluding carboxylic acids is 1. The average molecular weight is 365 g/mol. The highest BCUT2D eigenvalue weighted by molar-refractivity contribution is 6.04. The van der Waals surface area contributed by atoms with Crippen molar-refractivity contribution in [2.24, 2.45) is 5.10 Å². The molecule has 0 bridgehead atoms. The predicted molar refractivity (Wildman–Crippen MR) is 107 cm³/mol.